The van der Waals surface area contributed by atoms with Gasteiger partial charge in [0.2, 0.25) is 0 Å². The normalized spacial score (nSPS) is 20.8. The molecule has 104 valence electrons. The van der Waals surface area contributed by atoms with E-state index in [0.29, 0.717) is 0 Å². The van der Waals surface area contributed by atoms with Crippen LogP contribution in [0, 0.1) is 12.8 Å². The van der Waals surface area contributed by atoms with Crippen LogP contribution in [0.3, 0.4) is 0 Å². The van der Waals surface area contributed by atoms with Crippen LogP contribution < -0.4 is 10.2 Å². The lowest BCUT2D eigenvalue weighted by atomic mass is 9.96. The van der Waals surface area contributed by atoms with Gasteiger partial charge in [0.05, 0.1) is 0 Å². The lowest BCUT2D eigenvalue weighted by Crippen LogP contribution is -2.38. The van der Waals surface area contributed by atoms with Crippen molar-refractivity contribution in [2.75, 3.05) is 24.5 Å². The molecule has 0 spiro atoms. The predicted molar refractivity (Wildman–Crippen MR) is 82.6 cm³/mol. The number of aryl methyl sites for hydroxylation is 1. The van der Waals surface area contributed by atoms with E-state index in [-0.39, 0.29) is 0 Å². The van der Waals surface area contributed by atoms with Crippen molar-refractivity contribution in [3.8, 4) is 0 Å². The molecular formula is C15H22BrN3. The van der Waals surface area contributed by atoms with Gasteiger partial charge in [-0.15, -0.1) is 0 Å². The van der Waals surface area contributed by atoms with E-state index in [1.54, 1.807) is 0 Å². The lowest BCUT2D eigenvalue weighted by molar-refractivity contribution is 0.381. The highest BCUT2D eigenvalue weighted by Gasteiger charge is 2.24. The van der Waals surface area contributed by atoms with E-state index < -0.39 is 0 Å². The molecule has 2 aliphatic rings. The fourth-order valence-corrected chi connectivity index (χ4v) is 2.90. The van der Waals surface area contributed by atoms with Gasteiger partial charge >= 0.3 is 0 Å². The predicted octanol–water partition coefficient (Wildman–Crippen LogP) is 3.12. The van der Waals surface area contributed by atoms with E-state index in [4.69, 9.17) is 0 Å². The largest absolute Gasteiger partial charge is 0.357 e. The van der Waals surface area contributed by atoms with Crippen LogP contribution in [0.4, 0.5) is 5.82 Å². The molecule has 0 amide bonds. The van der Waals surface area contributed by atoms with Gasteiger partial charge in [-0.25, -0.2) is 4.98 Å². The average molecular weight is 324 g/mol. The zero-order valence-electron chi connectivity index (χ0n) is 11.5. The first-order chi connectivity index (χ1) is 9.22. The molecule has 2 fully saturated rings. The highest BCUT2D eigenvalue weighted by molar-refractivity contribution is 9.10. The second kappa shape index (κ2) is 5.80. The van der Waals surface area contributed by atoms with Crippen LogP contribution in [0.1, 0.15) is 31.2 Å². The summed E-state index contributed by atoms with van der Waals surface area (Å²) in [5.41, 5.74) is 1.27. The van der Waals surface area contributed by atoms with Gasteiger partial charge in [0, 0.05) is 29.8 Å². The Kier molecular flexibility index (Phi) is 4.08. The van der Waals surface area contributed by atoms with Crippen molar-refractivity contribution in [3.05, 3.63) is 22.3 Å². The molecular weight excluding hydrogens is 302 g/mol. The molecule has 1 aliphatic heterocycles. The molecule has 3 nitrogen and oxygen atoms in total. The molecule has 0 bridgehead atoms. The van der Waals surface area contributed by atoms with Gasteiger partial charge in [0.1, 0.15) is 5.82 Å². The minimum atomic E-state index is 0.841. The molecule has 1 aromatic rings. The minimum Gasteiger partial charge on any atom is -0.357 e. The van der Waals surface area contributed by atoms with Crippen LogP contribution in [0.2, 0.25) is 0 Å². The van der Waals surface area contributed by atoms with Gasteiger partial charge < -0.3 is 10.2 Å². The maximum absolute atomic E-state index is 4.54. The van der Waals surface area contributed by atoms with E-state index in [1.165, 1.54) is 37.8 Å². The number of hydrogen-bond acceptors (Lipinski definition) is 3. The molecule has 1 saturated carbocycles. The zero-order valence-corrected chi connectivity index (χ0v) is 13.1. The van der Waals surface area contributed by atoms with Crippen molar-refractivity contribution >= 4 is 21.7 Å². The van der Waals surface area contributed by atoms with Gasteiger partial charge in [-0.3, -0.25) is 0 Å². The summed E-state index contributed by atoms with van der Waals surface area (Å²) >= 11 is 3.51. The van der Waals surface area contributed by atoms with Gasteiger partial charge in [-0.1, -0.05) is 0 Å². The van der Waals surface area contributed by atoms with Crippen LogP contribution >= 0.6 is 15.9 Å². The molecule has 0 atom stereocenters. The third-order valence-electron chi connectivity index (χ3n) is 4.24. The summed E-state index contributed by atoms with van der Waals surface area (Å²) in [6, 6.07) is 3.03. The van der Waals surface area contributed by atoms with Gasteiger partial charge in [0.25, 0.3) is 0 Å². The van der Waals surface area contributed by atoms with Crippen molar-refractivity contribution in [2.24, 2.45) is 5.92 Å². The topological polar surface area (TPSA) is 28.2 Å². The van der Waals surface area contributed by atoms with E-state index in [0.717, 1.165) is 35.3 Å². The number of aromatic nitrogens is 1. The molecule has 1 aliphatic carbocycles. The molecule has 3 rings (SSSR count). The Bertz CT molecular complexity index is 437. The van der Waals surface area contributed by atoms with Crippen LogP contribution in [0.25, 0.3) is 0 Å². The number of anilines is 1. The maximum Gasteiger partial charge on any atom is 0.128 e. The quantitative estimate of drug-likeness (QED) is 0.922. The Morgan fingerprint density at radius 1 is 1.32 bits per heavy atom. The molecule has 4 heteroatoms. The van der Waals surface area contributed by atoms with Crippen molar-refractivity contribution in [1.29, 1.82) is 0 Å². The molecule has 2 heterocycles. The first-order valence-corrected chi connectivity index (χ1v) is 8.12. The first kappa shape index (κ1) is 13.4. The van der Waals surface area contributed by atoms with Crippen LogP contribution in [-0.4, -0.2) is 30.7 Å². The fourth-order valence-electron chi connectivity index (χ4n) is 2.68. The third-order valence-corrected chi connectivity index (χ3v) is 5.07. The number of hydrogen-bond donors (Lipinski definition) is 1. The van der Waals surface area contributed by atoms with Gasteiger partial charge in [0.15, 0.2) is 0 Å². The maximum atomic E-state index is 4.54. The van der Waals surface area contributed by atoms with E-state index in [1.807, 2.05) is 6.20 Å². The second-order valence-electron chi connectivity index (χ2n) is 5.90. The number of nitrogens with zero attached hydrogens (tertiary/aromatic N) is 2. The van der Waals surface area contributed by atoms with Crippen molar-refractivity contribution < 1.29 is 0 Å². The van der Waals surface area contributed by atoms with E-state index in [9.17, 15) is 0 Å². The Hall–Kier alpha value is -0.610. The van der Waals surface area contributed by atoms with Crippen LogP contribution in [0.15, 0.2) is 16.7 Å². The molecule has 1 saturated heterocycles. The Labute approximate surface area is 123 Å². The summed E-state index contributed by atoms with van der Waals surface area (Å²) in [5.74, 6) is 1.99. The molecule has 0 unspecified atom stereocenters. The molecule has 0 aromatic carbocycles. The smallest absolute Gasteiger partial charge is 0.128 e. The average Bonchev–Trinajstić information content (AvgIpc) is 3.24. The van der Waals surface area contributed by atoms with Crippen molar-refractivity contribution in [1.82, 2.24) is 10.3 Å². The van der Waals surface area contributed by atoms with Gasteiger partial charge in [-0.2, -0.15) is 0 Å². The number of rotatable bonds is 4. The van der Waals surface area contributed by atoms with Crippen LogP contribution in [-0.2, 0) is 0 Å². The summed E-state index contributed by atoms with van der Waals surface area (Å²) in [6.07, 6.45) is 7.28. The number of pyridine rings is 1. The summed E-state index contributed by atoms with van der Waals surface area (Å²) < 4.78 is 1.10. The Morgan fingerprint density at radius 2 is 2.05 bits per heavy atom. The standard InChI is InChI=1S/C15H22BrN3/c1-11-8-15(18-10-14(11)16)19-6-4-12(5-7-19)9-17-13-2-3-13/h8,10,12-13,17H,2-7,9H2,1H3. The number of halogens is 1. The minimum absolute atomic E-state index is 0.841. The SMILES string of the molecule is Cc1cc(N2CCC(CNC3CC3)CC2)ncc1Br. The van der Waals surface area contributed by atoms with Crippen LogP contribution in [0.5, 0.6) is 0 Å². The third kappa shape index (κ3) is 3.48. The number of piperidine rings is 1. The Balaban J connectivity index is 1.52. The zero-order chi connectivity index (χ0) is 13.2. The summed E-state index contributed by atoms with van der Waals surface area (Å²) in [6.45, 7) is 5.63. The summed E-state index contributed by atoms with van der Waals surface area (Å²) in [4.78, 5) is 6.96. The highest BCUT2D eigenvalue weighted by Crippen LogP contribution is 2.25. The highest BCUT2D eigenvalue weighted by atomic mass is 79.9. The number of nitrogens with one attached hydrogen (secondary N) is 1. The molecule has 1 aromatic heterocycles. The second-order valence-corrected chi connectivity index (χ2v) is 6.76. The molecule has 19 heavy (non-hydrogen) atoms. The van der Waals surface area contributed by atoms with Crippen molar-refractivity contribution in [3.63, 3.8) is 0 Å². The first-order valence-electron chi connectivity index (χ1n) is 7.33. The van der Waals surface area contributed by atoms with Gasteiger partial charge in [-0.05, 0) is 72.6 Å². The monoisotopic (exact) mass is 323 g/mol. The molecule has 0 radical (unpaired) electrons. The van der Waals surface area contributed by atoms with E-state index >= 15 is 0 Å². The fraction of sp³-hybridized carbons (Fsp3) is 0.667. The van der Waals surface area contributed by atoms with E-state index in [2.05, 4.69) is 44.1 Å². The Morgan fingerprint density at radius 3 is 2.68 bits per heavy atom. The van der Waals surface area contributed by atoms with Crippen molar-refractivity contribution in [2.45, 2.75) is 38.6 Å². The molecule has 1 N–H and O–H groups in total. The summed E-state index contributed by atoms with van der Waals surface area (Å²) in [7, 11) is 0. The lowest BCUT2D eigenvalue weighted by Gasteiger charge is -2.33. The summed E-state index contributed by atoms with van der Waals surface area (Å²) in [5, 5.41) is 3.66.